The van der Waals surface area contributed by atoms with Crippen LogP contribution in [0.1, 0.15) is 25.8 Å². The summed E-state index contributed by atoms with van der Waals surface area (Å²) in [5.41, 5.74) is 1.17. The summed E-state index contributed by atoms with van der Waals surface area (Å²) in [7, 11) is 1.69. The van der Waals surface area contributed by atoms with Crippen LogP contribution >= 0.6 is 0 Å². The Kier molecular flexibility index (Phi) is 6.58. The second kappa shape index (κ2) is 8.03. The van der Waals surface area contributed by atoms with Gasteiger partial charge in [0.15, 0.2) is 0 Å². The third-order valence-electron chi connectivity index (χ3n) is 2.25. The molecule has 0 unspecified atom stereocenters. The van der Waals surface area contributed by atoms with E-state index in [9.17, 15) is 0 Å². The lowest BCUT2D eigenvalue weighted by Crippen LogP contribution is -2.21. The van der Waals surface area contributed by atoms with E-state index in [2.05, 4.69) is 24.1 Å². The van der Waals surface area contributed by atoms with E-state index >= 15 is 0 Å². The Morgan fingerprint density at radius 2 is 2.12 bits per heavy atom. The monoisotopic (exact) mass is 238 g/mol. The van der Waals surface area contributed by atoms with Crippen LogP contribution < -0.4 is 10.1 Å². The standard InChI is InChI=1S/C13H22N2O2/c1-11(2)14-9-12-5-6-13(15-10-12)17-8-4-7-16-3/h5-6,10-11,14H,4,7-9H2,1-3H3. The van der Waals surface area contributed by atoms with E-state index in [1.165, 1.54) is 5.56 Å². The molecule has 0 saturated carbocycles. The molecule has 1 heterocycles. The van der Waals surface area contributed by atoms with Crippen molar-refractivity contribution < 1.29 is 9.47 Å². The summed E-state index contributed by atoms with van der Waals surface area (Å²) >= 11 is 0. The molecule has 17 heavy (non-hydrogen) atoms. The number of nitrogens with one attached hydrogen (secondary N) is 1. The fourth-order valence-corrected chi connectivity index (χ4v) is 1.30. The Hall–Kier alpha value is -1.13. The van der Waals surface area contributed by atoms with Crippen molar-refractivity contribution in [2.45, 2.75) is 32.9 Å². The van der Waals surface area contributed by atoms with Crippen LogP contribution in [-0.2, 0) is 11.3 Å². The van der Waals surface area contributed by atoms with Gasteiger partial charge in [-0.15, -0.1) is 0 Å². The zero-order chi connectivity index (χ0) is 12.5. The quantitative estimate of drug-likeness (QED) is 0.703. The largest absolute Gasteiger partial charge is 0.478 e. The van der Waals surface area contributed by atoms with Crippen molar-refractivity contribution in [3.63, 3.8) is 0 Å². The van der Waals surface area contributed by atoms with Gasteiger partial charge in [-0.25, -0.2) is 4.98 Å². The van der Waals surface area contributed by atoms with Crippen molar-refractivity contribution in [1.82, 2.24) is 10.3 Å². The van der Waals surface area contributed by atoms with Gasteiger partial charge in [0.05, 0.1) is 6.61 Å². The third-order valence-corrected chi connectivity index (χ3v) is 2.25. The highest BCUT2D eigenvalue weighted by Crippen LogP contribution is 2.07. The Bertz CT molecular complexity index is 299. The number of hydrogen-bond donors (Lipinski definition) is 1. The predicted molar refractivity (Wildman–Crippen MR) is 68.2 cm³/mol. The second-order valence-electron chi connectivity index (χ2n) is 4.24. The summed E-state index contributed by atoms with van der Waals surface area (Å²) in [4.78, 5) is 4.25. The number of methoxy groups -OCH3 is 1. The van der Waals surface area contributed by atoms with E-state index in [1.54, 1.807) is 7.11 Å². The SMILES string of the molecule is COCCCOc1ccc(CNC(C)C)cn1. The molecule has 0 aliphatic rings. The van der Waals surface area contributed by atoms with Crippen LogP contribution in [0.25, 0.3) is 0 Å². The normalized spacial score (nSPS) is 10.8. The number of nitrogens with zero attached hydrogens (tertiary/aromatic N) is 1. The molecule has 1 aromatic rings. The molecule has 0 saturated heterocycles. The van der Waals surface area contributed by atoms with Crippen LogP contribution in [0.4, 0.5) is 0 Å². The predicted octanol–water partition coefficient (Wildman–Crippen LogP) is 1.99. The molecule has 0 fully saturated rings. The number of hydrogen-bond acceptors (Lipinski definition) is 4. The average Bonchev–Trinajstić information content (AvgIpc) is 2.33. The molecule has 0 aliphatic heterocycles. The first kappa shape index (κ1) is 13.9. The molecule has 0 amide bonds. The van der Waals surface area contributed by atoms with Crippen LogP contribution in [0.5, 0.6) is 5.88 Å². The minimum Gasteiger partial charge on any atom is -0.478 e. The highest BCUT2D eigenvalue weighted by molar-refractivity contribution is 5.17. The molecule has 0 radical (unpaired) electrons. The minimum atomic E-state index is 0.486. The lowest BCUT2D eigenvalue weighted by atomic mass is 10.2. The molecule has 4 nitrogen and oxygen atoms in total. The van der Waals surface area contributed by atoms with Gasteiger partial charge in [-0.3, -0.25) is 0 Å². The Morgan fingerprint density at radius 3 is 2.71 bits per heavy atom. The maximum absolute atomic E-state index is 5.48. The van der Waals surface area contributed by atoms with Crippen LogP contribution in [0.2, 0.25) is 0 Å². The van der Waals surface area contributed by atoms with E-state index in [4.69, 9.17) is 9.47 Å². The first-order valence-corrected chi connectivity index (χ1v) is 6.02. The van der Waals surface area contributed by atoms with Gasteiger partial charge in [-0.05, 0) is 5.56 Å². The molecule has 1 N–H and O–H groups in total. The van der Waals surface area contributed by atoms with Crippen molar-refractivity contribution in [3.8, 4) is 5.88 Å². The van der Waals surface area contributed by atoms with Gasteiger partial charge in [0.2, 0.25) is 5.88 Å². The van der Waals surface area contributed by atoms with E-state index in [0.717, 1.165) is 19.6 Å². The average molecular weight is 238 g/mol. The molecule has 0 aliphatic carbocycles. The molecule has 0 spiro atoms. The van der Waals surface area contributed by atoms with Gasteiger partial charge < -0.3 is 14.8 Å². The number of ether oxygens (including phenoxy) is 2. The molecule has 0 bridgehead atoms. The molecule has 1 aromatic heterocycles. The smallest absolute Gasteiger partial charge is 0.213 e. The summed E-state index contributed by atoms with van der Waals surface area (Å²) in [6.07, 6.45) is 2.73. The zero-order valence-corrected chi connectivity index (χ0v) is 10.9. The first-order chi connectivity index (χ1) is 8.22. The topological polar surface area (TPSA) is 43.4 Å². The number of pyridine rings is 1. The minimum absolute atomic E-state index is 0.486. The van der Waals surface area contributed by atoms with Gasteiger partial charge in [0.25, 0.3) is 0 Å². The second-order valence-corrected chi connectivity index (χ2v) is 4.24. The maximum Gasteiger partial charge on any atom is 0.213 e. The van der Waals surface area contributed by atoms with Gasteiger partial charge >= 0.3 is 0 Å². The maximum atomic E-state index is 5.48. The van der Waals surface area contributed by atoms with Crippen molar-refractivity contribution in [2.24, 2.45) is 0 Å². The molecule has 4 heteroatoms. The highest BCUT2D eigenvalue weighted by atomic mass is 16.5. The van der Waals surface area contributed by atoms with Crippen LogP contribution in [-0.4, -0.2) is 31.3 Å². The van der Waals surface area contributed by atoms with Crippen molar-refractivity contribution in [2.75, 3.05) is 20.3 Å². The molecule has 1 rings (SSSR count). The molecule has 0 aromatic carbocycles. The Balaban J connectivity index is 2.29. The van der Waals surface area contributed by atoms with Gasteiger partial charge in [-0.1, -0.05) is 19.9 Å². The number of aromatic nitrogens is 1. The van der Waals surface area contributed by atoms with Crippen molar-refractivity contribution in [1.29, 1.82) is 0 Å². The summed E-state index contributed by atoms with van der Waals surface area (Å²) < 4.78 is 10.4. The first-order valence-electron chi connectivity index (χ1n) is 6.02. The van der Waals surface area contributed by atoms with Crippen LogP contribution in [0.3, 0.4) is 0 Å². The molecule has 96 valence electrons. The number of rotatable bonds is 8. The summed E-state index contributed by atoms with van der Waals surface area (Å²) in [6, 6.07) is 4.43. The Labute approximate surface area is 103 Å². The molecular formula is C13H22N2O2. The van der Waals surface area contributed by atoms with Crippen molar-refractivity contribution >= 4 is 0 Å². The fourth-order valence-electron chi connectivity index (χ4n) is 1.30. The fraction of sp³-hybridized carbons (Fsp3) is 0.615. The van der Waals surface area contributed by atoms with E-state index in [0.29, 0.717) is 18.5 Å². The lowest BCUT2D eigenvalue weighted by molar-refractivity contribution is 0.170. The zero-order valence-electron chi connectivity index (χ0n) is 10.9. The van der Waals surface area contributed by atoms with Crippen LogP contribution in [0.15, 0.2) is 18.3 Å². The third kappa shape index (κ3) is 6.24. The van der Waals surface area contributed by atoms with Gasteiger partial charge in [0.1, 0.15) is 0 Å². The van der Waals surface area contributed by atoms with E-state index in [-0.39, 0.29) is 0 Å². The van der Waals surface area contributed by atoms with E-state index < -0.39 is 0 Å². The summed E-state index contributed by atoms with van der Waals surface area (Å²) in [5.74, 6) is 0.675. The van der Waals surface area contributed by atoms with E-state index in [1.807, 2.05) is 18.3 Å². The lowest BCUT2D eigenvalue weighted by Gasteiger charge is -2.08. The highest BCUT2D eigenvalue weighted by Gasteiger charge is 1.98. The summed E-state index contributed by atoms with van der Waals surface area (Å²) in [5, 5.41) is 3.34. The molecular weight excluding hydrogens is 216 g/mol. The Morgan fingerprint density at radius 1 is 1.29 bits per heavy atom. The summed E-state index contributed by atoms with van der Waals surface area (Å²) in [6.45, 7) is 6.46. The van der Waals surface area contributed by atoms with Crippen LogP contribution in [0, 0.1) is 0 Å². The van der Waals surface area contributed by atoms with Crippen molar-refractivity contribution in [3.05, 3.63) is 23.9 Å². The van der Waals surface area contributed by atoms with Gasteiger partial charge in [-0.2, -0.15) is 0 Å². The van der Waals surface area contributed by atoms with Gasteiger partial charge in [0, 0.05) is 45.0 Å². The molecule has 0 atom stereocenters.